The summed E-state index contributed by atoms with van der Waals surface area (Å²) in [7, 11) is 0. The van der Waals surface area contributed by atoms with E-state index in [0.717, 1.165) is 18.3 Å². The van der Waals surface area contributed by atoms with Crippen LogP contribution in [0.25, 0.3) is 0 Å². The van der Waals surface area contributed by atoms with E-state index in [1.54, 1.807) is 0 Å². The molecule has 0 radical (unpaired) electrons. The molecule has 104 valence electrons. The first-order chi connectivity index (χ1) is 8.65. The van der Waals surface area contributed by atoms with E-state index >= 15 is 0 Å². The molecule has 1 N–H and O–H groups in total. The van der Waals surface area contributed by atoms with E-state index in [9.17, 15) is 4.79 Å². The van der Waals surface area contributed by atoms with Crippen LogP contribution in [0.15, 0.2) is 0 Å². The first-order valence-corrected chi connectivity index (χ1v) is 8.23. The van der Waals surface area contributed by atoms with Crippen LogP contribution in [-0.4, -0.2) is 30.5 Å². The first-order valence-electron chi connectivity index (χ1n) is 7.10. The Morgan fingerprint density at radius 1 is 1.39 bits per heavy atom. The summed E-state index contributed by atoms with van der Waals surface area (Å²) in [6, 6.07) is 0. The molecule has 2 unspecified atom stereocenters. The zero-order chi connectivity index (χ0) is 13.0. The molecule has 0 aromatic rings. The van der Waals surface area contributed by atoms with E-state index in [1.807, 2.05) is 6.92 Å². The van der Waals surface area contributed by atoms with E-state index < -0.39 is 0 Å². The Labute approximate surface area is 118 Å². The van der Waals surface area contributed by atoms with Crippen LogP contribution in [-0.2, 0) is 9.53 Å². The third-order valence-corrected chi connectivity index (χ3v) is 5.59. The van der Waals surface area contributed by atoms with Gasteiger partial charge in [0.1, 0.15) is 0 Å². The van der Waals surface area contributed by atoms with Crippen LogP contribution < -0.4 is 5.32 Å². The summed E-state index contributed by atoms with van der Waals surface area (Å²) in [5, 5.41) is 4.16. The minimum atomic E-state index is 0.0657. The molecule has 1 saturated heterocycles. The Morgan fingerprint density at radius 3 is 2.67 bits per heavy atom. The van der Waals surface area contributed by atoms with Gasteiger partial charge in [-0.3, -0.25) is 4.79 Å². The van der Waals surface area contributed by atoms with Crippen molar-refractivity contribution in [2.75, 3.05) is 18.5 Å². The van der Waals surface area contributed by atoms with Gasteiger partial charge in [0, 0.05) is 11.9 Å². The van der Waals surface area contributed by atoms with Crippen LogP contribution in [0.3, 0.4) is 0 Å². The molecular formula is C14H24BrNO2. The molecule has 2 fully saturated rings. The molecule has 3 nitrogen and oxygen atoms in total. The maximum atomic E-state index is 12.1. The Hall–Kier alpha value is -0.0900. The first kappa shape index (κ1) is 14.3. The van der Waals surface area contributed by atoms with Gasteiger partial charge in [0.2, 0.25) is 5.91 Å². The summed E-state index contributed by atoms with van der Waals surface area (Å²) in [6.45, 7) is 3.45. The van der Waals surface area contributed by atoms with Crippen LogP contribution in [0, 0.1) is 11.3 Å². The average molecular weight is 318 g/mol. The fourth-order valence-electron chi connectivity index (χ4n) is 3.08. The van der Waals surface area contributed by atoms with Crippen molar-refractivity contribution >= 4 is 21.8 Å². The lowest BCUT2D eigenvalue weighted by Crippen LogP contribution is -2.42. The Kier molecular flexibility index (Phi) is 5.07. The second-order valence-corrected chi connectivity index (χ2v) is 6.55. The fourth-order valence-corrected chi connectivity index (χ4v) is 3.84. The maximum absolute atomic E-state index is 12.1. The third-order valence-electron chi connectivity index (χ3n) is 4.40. The van der Waals surface area contributed by atoms with Gasteiger partial charge >= 0.3 is 0 Å². The van der Waals surface area contributed by atoms with Gasteiger partial charge in [-0.25, -0.2) is 0 Å². The molecule has 1 saturated carbocycles. The lowest BCUT2D eigenvalue weighted by Gasteiger charge is -2.36. The molecule has 0 spiro atoms. The number of rotatable bonds is 4. The van der Waals surface area contributed by atoms with Crippen molar-refractivity contribution in [1.29, 1.82) is 0 Å². The number of hydrogen-bond donors (Lipinski definition) is 1. The maximum Gasteiger partial charge on any atom is 0.225 e. The zero-order valence-corrected chi connectivity index (χ0v) is 12.8. The average Bonchev–Trinajstić information content (AvgIpc) is 2.84. The molecule has 18 heavy (non-hydrogen) atoms. The number of ether oxygens (including phenoxy) is 1. The van der Waals surface area contributed by atoms with E-state index in [-0.39, 0.29) is 17.9 Å². The van der Waals surface area contributed by atoms with Crippen molar-refractivity contribution in [3.05, 3.63) is 0 Å². The van der Waals surface area contributed by atoms with Gasteiger partial charge in [0.15, 0.2) is 0 Å². The number of hydrogen-bond acceptors (Lipinski definition) is 2. The second-order valence-electron chi connectivity index (χ2n) is 5.99. The molecule has 1 amide bonds. The number of carbonyl (C=O) groups excluding carboxylic acids is 1. The standard InChI is InChI=1S/C14H24BrNO2/c1-11-7-12(8-18-11)13(17)16-10-14(9-15)5-3-2-4-6-14/h11-12H,2-10H2,1H3,(H,16,17). The summed E-state index contributed by atoms with van der Waals surface area (Å²) >= 11 is 3.64. The summed E-state index contributed by atoms with van der Waals surface area (Å²) in [4.78, 5) is 12.1. The molecule has 1 aliphatic heterocycles. The van der Waals surface area contributed by atoms with Crippen molar-refractivity contribution in [2.45, 2.75) is 51.6 Å². The van der Waals surface area contributed by atoms with Crippen molar-refractivity contribution in [3.8, 4) is 0 Å². The second kappa shape index (κ2) is 6.38. The minimum Gasteiger partial charge on any atom is -0.378 e. The topological polar surface area (TPSA) is 38.3 Å². The highest BCUT2D eigenvalue weighted by Crippen LogP contribution is 2.37. The number of carbonyl (C=O) groups is 1. The third kappa shape index (κ3) is 3.47. The normalized spacial score (nSPS) is 31.2. The van der Waals surface area contributed by atoms with E-state index in [4.69, 9.17) is 4.74 Å². The monoisotopic (exact) mass is 317 g/mol. The number of amides is 1. The van der Waals surface area contributed by atoms with E-state index in [2.05, 4.69) is 21.2 Å². The predicted octanol–water partition coefficient (Wildman–Crippen LogP) is 2.87. The zero-order valence-electron chi connectivity index (χ0n) is 11.2. The highest BCUT2D eigenvalue weighted by molar-refractivity contribution is 9.09. The molecule has 1 heterocycles. The summed E-state index contributed by atoms with van der Waals surface area (Å²) in [5.74, 6) is 0.251. The van der Waals surface area contributed by atoms with Crippen LogP contribution in [0.2, 0.25) is 0 Å². The molecule has 0 aromatic heterocycles. The van der Waals surface area contributed by atoms with Crippen LogP contribution >= 0.6 is 15.9 Å². The molecule has 0 bridgehead atoms. The van der Waals surface area contributed by atoms with Gasteiger partial charge in [-0.1, -0.05) is 35.2 Å². The Balaban J connectivity index is 1.80. The van der Waals surface area contributed by atoms with Crippen LogP contribution in [0.1, 0.15) is 45.4 Å². The van der Waals surface area contributed by atoms with E-state index in [0.29, 0.717) is 12.0 Å². The SMILES string of the molecule is CC1CC(C(=O)NCC2(CBr)CCCCC2)CO1. The minimum absolute atomic E-state index is 0.0657. The number of nitrogens with one attached hydrogen (secondary N) is 1. The molecule has 4 heteroatoms. The fraction of sp³-hybridized carbons (Fsp3) is 0.929. The smallest absolute Gasteiger partial charge is 0.225 e. The largest absolute Gasteiger partial charge is 0.378 e. The van der Waals surface area contributed by atoms with Crippen LogP contribution in [0.5, 0.6) is 0 Å². The number of alkyl halides is 1. The predicted molar refractivity (Wildman–Crippen MR) is 75.8 cm³/mol. The quantitative estimate of drug-likeness (QED) is 0.810. The summed E-state index contributed by atoms with van der Waals surface area (Å²) in [5.41, 5.74) is 0.291. The van der Waals surface area contributed by atoms with E-state index in [1.165, 1.54) is 32.1 Å². The van der Waals surface area contributed by atoms with Crippen molar-refractivity contribution in [3.63, 3.8) is 0 Å². The Bertz CT molecular complexity index is 290. The highest BCUT2D eigenvalue weighted by Gasteiger charge is 2.33. The molecule has 2 atom stereocenters. The molecular weight excluding hydrogens is 294 g/mol. The van der Waals surface area contributed by atoms with Gasteiger partial charge in [0.25, 0.3) is 0 Å². The number of halogens is 1. The van der Waals surface area contributed by atoms with Crippen molar-refractivity contribution in [1.82, 2.24) is 5.32 Å². The lowest BCUT2D eigenvalue weighted by atomic mass is 9.75. The van der Waals surface area contributed by atoms with Crippen molar-refractivity contribution in [2.24, 2.45) is 11.3 Å². The highest BCUT2D eigenvalue weighted by atomic mass is 79.9. The van der Waals surface area contributed by atoms with Gasteiger partial charge in [0.05, 0.1) is 18.6 Å². The van der Waals surface area contributed by atoms with Crippen LogP contribution in [0.4, 0.5) is 0 Å². The van der Waals surface area contributed by atoms with Gasteiger partial charge in [-0.2, -0.15) is 0 Å². The molecule has 2 rings (SSSR count). The lowest BCUT2D eigenvalue weighted by molar-refractivity contribution is -0.125. The molecule has 1 aliphatic carbocycles. The Morgan fingerprint density at radius 2 is 2.11 bits per heavy atom. The molecule has 2 aliphatic rings. The summed E-state index contributed by atoms with van der Waals surface area (Å²) in [6.07, 6.45) is 7.51. The van der Waals surface area contributed by atoms with Gasteiger partial charge in [-0.05, 0) is 31.6 Å². The van der Waals surface area contributed by atoms with Gasteiger partial charge in [-0.15, -0.1) is 0 Å². The molecule has 0 aromatic carbocycles. The van der Waals surface area contributed by atoms with Crippen molar-refractivity contribution < 1.29 is 9.53 Å². The van der Waals surface area contributed by atoms with Gasteiger partial charge < -0.3 is 10.1 Å². The summed E-state index contributed by atoms with van der Waals surface area (Å²) < 4.78 is 5.46.